The number of rotatable bonds is 5. The molecule has 0 saturated heterocycles. The highest BCUT2D eigenvalue weighted by Crippen LogP contribution is 2.31. The van der Waals surface area contributed by atoms with Gasteiger partial charge in [-0.05, 0) is 49.1 Å². The third-order valence-corrected chi connectivity index (χ3v) is 4.96. The Labute approximate surface area is 162 Å². The molecule has 6 heteroatoms. The maximum atomic E-state index is 12.5. The quantitative estimate of drug-likeness (QED) is 0.808. The highest BCUT2D eigenvalue weighted by atomic mass is 16.6. The fourth-order valence-electron chi connectivity index (χ4n) is 3.20. The van der Waals surface area contributed by atoms with Gasteiger partial charge < -0.3 is 14.8 Å². The van der Waals surface area contributed by atoms with E-state index >= 15 is 0 Å². The minimum atomic E-state index is -0.869. The molecule has 0 unspecified atom stereocenters. The molecular formula is C22H21NO5. The van der Waals surface area contributed by atoms with Crippen LogP contribution in [-0.2, 0) is 20.7 Å². The fourth-order valence-corrected chi connectivity index (χ4v) is 3.20. The third-order valence-electron chi connectivity index (χ3n) is 4.96. The highest BCUT2D eigenvalue weighted by molar-refractivity contribution is 5.96. The molecule has 4 rings (SSSR count). The van der Waals surface area contributed by atoms with Crippen LogP contribution in [0.15, 0.2) is 48.5 Å². The molecule has 28 heavy (non-hydrogen) atoms. The van der Waals surface area contributed by atoms with Crippen LogP contribution in [0, 0.1) is 0 Å². The Hall–Kier alpha value is -3.15. The van der Waals surface area contributed by atoms with E-state index < -0.39 is 24.1 Å². The summed E-state index contributed by atoms with van der Waals surface area (Å²) in [6.45, 7) is 1.55. The SMILES string of the molecule is C[C@@H](OC(=O)c1ccc2c(c1)C[C@H](c1ccccc1)OC2=O)C(=O)NC1CC1. The molecule has 0 radical (unpaired) electrons. The molecule has 2 aliphatic rings. The molecule has 1 aliphatic heterocycles. The first-order valence-corrected chi connectivity index (χ1v) is 9.41. The summed E-state index contributed by atoms with van der Waals surface area (Å²) in [6, 6.07) is 14.4. The van der Waals surface area contributed by atoms with Crippen molar-refractivity contribution in [2.24, 2.45) is 0 Å². The van der Waals surface area contributed by atoms with Crippen LogP contribution in [0.1, 0.15) is 57.7 Å². The van der Waals surface area contributed by atoms with E-state index in [9.17, 15) is 14.4 Å². The Kier molecular flexibility index (Phi) is 4.86. The standard InChI is InChI=1S/C22H21NO5/c1-13(20(24)23-17-8-9-17)27-21(25)15-7-10-18-16(11-15)12-19(28-22(18)26)14-5-3-2-4-6-14/h2-7,10-11,13,17,19H,8-9,12H2,1H3,(H,23,24)/t13-,19-/m1/s1. The van der Waals surface area contributed by atoms with Gasteiger partial charge in [-0.2, -0.15) is 0 Å². The van der Waals surface area contributed by atoms with E-state index in [4.69, 9.17) is 9.47 Å². The topological polar surface area (TPSA) is 81.7 Å². The summed E-state index contributed by atoms with van der Waals surface area (Å²) in [5.74, 6) is -1.29. The Morgan fingerprint density at radius 1 is 1.14 bits per heavy atom. The van der Waals surface area contributed by atoms with E-state index in [0.717, 1.165) is 24.0 Å². The summed E-state index contributed by atoms with van der Waals surface area (Å²) in [7, 11) is 0. The molecule has 6 nitrogen and oxygen atoms in total. The summed E-state index contributed by atoms with van der Waals surface area (Å²) in [4.78, 5) is 36.8. The van der Waals surface area contributed by atoms with Crippen molar-refractivity contribution in [3.05, 3.63) is 70.8 Å². The summed E-state index contributed by atoms with van der Waals surface area (Å²) in [6.07, 6.45) is 1.15. The molecule has 1 aliphatic carbocycles. The first-order chi connectivity index (χ1) is 13.5. The fraction of sp³-hybridized carbons (Fsp3) is 0.318. The first-order valence-electron chi connectivity index (χ1n) is 9.41. The molecule has 0 bridgehead atoms. The predicted octanol–water partition coefficient (Wildman–Crippen LogP) is 2.96. The third kappa shape index (κ3) is 3.91. The Morgan fingerprint density at radius 2 is 1.89 bits per heavy atom. The van der Waals surface area contributed by atoms with Gasteiger partial charge in [0.15, 0.2) is 6.10 Å². The molecule has 2 aromatic carbocycles. The van der Waals surface area contributed by atoms with Gasteiger partial charge in [0.05, 0.1) is 11.1 Å². The molecule has 1 fully saturated rings. The Balaban J connectivity index is 1.49. The number of hydrogen-bond acceptors (Lipinski definition) is 5. The second-order valence-corrected chi connectivity index (χ2v) is 7.21. The highest BCUT2D eigenvalue weighted by Gasteiger charge is 2.30. The number of ether oxygens (including phenoxy) is 2. The zero-order chi connectivity index (χ0) is 19.7. The molecule has 0 spiro atoms. The number of cyclic esters (lactones) is 1. The zero-order valence-corrected chi connectivity index (χ0v) is 15.5. The molecule has 144 valence electrons. The number of amides is 1. The van der Waals surface area contributed by atoms with Crippen LogP contribution in [0.25, 0.3) is 0 Å². The lowest BCUT2D eigenvalue weighted by molar-refractivity contribution is -0.129. The second kappa shape index (κ2) is 7.46. The second-order valence-electron chi connectivity index (χ2n) is 7.21. The monoisotopic (exact) mass is 379 g/mol. The van der Waals surface area contributed by atoms with E-state index in [1.54, 1.807) is 19.1 Å². The average molecular weight is 379 g/mol. The number of benzene rings is 2. The lowest BCUT2D eigenvalue weighted by atomic mass is 9.93. The van der Waals surface area contributed by atoms with Crippen LogP contribution >= 0.6 is 0 Å². The Morgan fingerprint density at radius 3 is 2.61 bits per heavy atom. The molecule has 1 N–H and O–H groups in total. The Bertz CT molecular complexity index is 920. The van der Waals surface area contributed by atoms with Crippen molar-refractivity contribution in [3.8, 4) is 0 Å². The van der Waals surface area contributed by atoms with Gasteiger partial charge >= 0.3 is 11.9 Å². The van der Waals surface area contributed by atoms with Gasteiger partial charge in [0.1, 0.15) is 6.10 Å². The van der Waals surface area contributed by atoms with Gasteiger partial charge in [-0.15, -0.1) is 0 Å². The number of carbonyl (C=O) groups is 3. The molecule has 2 aromatic rings. The number of esters is 2. The smallest absolute Gasteiger partial charge is 0.339 e. The molecule has 1 saturated carbocycles. The van der Waals surface area contributed by atoms with E-state index in [-0.39, 0.29) is 11.9 Å². The van der Waals surface area contributed by atoms with E-state index in [1.807, 2.05) is 30.3 Å². The van der Waals surface area contributed by atoms with Crippen molar-refractivity contribution >= 4 is 17.8 Å². The first kappa shape index (κ1) is 18.2. The summed E-state index contributed by atoms with van der Waals surface area (Å²) in [5, 5.41) is 2.81. The predicted molar refractivity (Wildman–Crippen MR) is 101 cm³/mol. The van der Waals surface area contributed by atoms with Crippen LogP contribution in [0.2, 0.25) is 0 Å². The van der Waals surface area contributed by atoms with Crippen LogP contribution in [0.5, 0.6) is 0 Å². The molecule has 1 heterocycles. The number of carbonyl (C=O) groups excluding carboxylic acids is 3. The molecule has 1 amide bonds. The maximum Gasteiger partial charge on any atom is 0.339 e. The van der Waals surface area contributed by atoms with Crippen LogP contribution in [0.3, 0.4) is 0 Å². The van der Waals surface area contributed by atoms with Crippen molar-refractivity contribution < 1.29 is 23.9 Å². The minimum Gasteiger partial charge on any atom is -0.454 e. The van der Waals surface area contributed by atoms with Gasteiger partial charge in [-0.3, -0.25) is 4.79 Å². The maximum absolute atomic E-state index is 12.5. The van der Waals surface area contributed by atoms with Crippen LogP contribution < -0.4 is 5.32 Å². The van der Waals surface area contributed by atoms with Crippen LogP contribution in [0.4, 0.5) is 0 Å². The summed E-state index contributed by atoms with van der Waals surface area (Å²) in [5.41, 5.74) is 2.39. The van der Waals surface area contributed by atoms with Gasteiger partial charge in [0.25, 0.3) is 5.91 Å². The van der Waals surface area contributed by atoms with E-state index in [2.05, 4.69) is 5.32 Å². The molecule has 2 atom stereocenters. The van der Waals surface area contributed by atoms with Gasteiger partial charge in [-0.1, -0.05) is 30.3 Å². The van der Waals surface area contributed by atoms with Gasteiger partial charge in [0.2, 0.25) is 0 Å². The lowest BCUT2D eigenvalue weighted by Gasteiger charge is -2.25. The van der Waals surface area contributed by atoms with Gasteiger partial charge in [-0.25, -0.2) is 9.59 Å². The van der Waals surface area contributed by atoms with Crippen molar-refractivity contribution in [2.75, 3.05) is 0 Å². The number of fused-ring (bicyclic) bond motifs is 1. The lowest BCUT2D eigenvalue weighted by Crippen LogP contribution is -2.37. The average Bonchev–Trinajstić information content (AvgIpc) is 3.52. The minimum absolute atomic E-state index is 0.207. The van der Waals surface area contributed by atoms with Gasteiger partial charge in [0, 0.05) is 12.5 Å². The van der Waals surface area contributed by atoms with Crippen molar-refractivity contribution in [1.29, 1.82) is 0 Å². The van der Waals surface area contributed by atoms with Crippen molar-refractivity contribution in [2.45, 2.75) is 44.4 Å². The van der Waals surface area contributed by atoms with Crippen molar-refractivity contribution in [3.63, 3.8) is 0 Å². The normalized spacial score (nSPS) is 19.2. The summed E-state index contributed by atoms with van der Waals surface area (Å²) < 4.78 is 10.8. The van der Waals surface area contributed by atoms with E-state index in [1.165, 1.54) is 6.07 Å². The number of hydrogen-bond donors (Lipinski definition) is 1. The zero-order valence-electron chi connectivity index (χ0n) is 15.5. The van der Waals surface area contributed by atoms with E-state index in [0.29, 0.717) is 17.5 Å². The largest absolute Gasteiger partial charge is 0.454 e. The molecule has 0 aromatic heterocycles. The number of nitrogens with one attached hydrogen (secondary N) is 1. The van der Waals surface area contributed by atoms with Crippen LogP contribution in [-0.4, -0.2) is 30.0 Å². The molecular weight excluding hydrogens is 358 g/mol. The summed E-state index contributed by atoms with van der Waals surface area (Å²) >= 11 is 0. The van der Waals surface area contributed by atoms with Crippen molar-refractivity contribution in [1.82, 2.24) is 5.32 Å².